The number of anilines is 3. The van der Waals surface area contributed by atoms with E-state index in [1.807, 2.05) is 0 Å². The fraction of sp³-hybridized carbons (Fsp3) is 0.250. The first-order chi connectivity index (χ1) is 23.8. The van der Waals surface area contributed by atoms with E-state index in [2.05, 4.69) is 172 Å². The van der Waals surface area contributed by atoms with Crippen LogP contribution in [0.25, 0.3) is 22.3 Å². The highest BCUT2D eigenvalue weighted by atomic mass is 15.1. The zero-order valence-electron chi connectivity index (χ0n) is 29.3. The van der Waals surface area contributed by atoms with Crippen molar-refractivity contribution in [3.63, 3.8) is 0 Å². The Morgan fingerprint density at radius 3 is 1.57 bits per heavy atom. The van der Waals surface area contributed by atoms with Gasteiger partial charge in [0.05, 0.1) is 0 Å². The van der Waals surface area contributed by atoms with Crippen molar-refractivity contribution in [3.8, 4) is 22.3 Å². The molecule has 3 aliphatic carbocycles. The first kappa shape index (κ1) is 30.2. The average molecular weight is 636 g/mol. The van der Waals surface area contributed by atoms with Crippen molar-refractivity contribution in [1.29, 1.82) is 0 Å². The summed E-state index contributed by atoms with van der Waals surface area (Å²) in [4.78, 5) is 2.49. The predicted octanol–water partition coefficient (Wildman–Crippen LogP) is 13.0. The molecule has 9 rings (SSSR count). The first-order valence-corrected chi connectivity index (χ1v) is 18.2. The van der Waals surface area contributed by atoms with Gasteiger partial charge in [-0.05, 0) is 105 Å². The summed E-state index contributed by atoms with van der Waals surface area (Å²) < 4.78 is 0. The van der Waals surface area contributed by atoms with Crippen molar-refractivity contribution < 1.29 is 0 Å². The Bertz CT molecular complexity index is 2200. The largest absolute Gasteiger partial charge is 0.310 e. The van der Waals surface area contributed by atoms with Gasteiger partial charge in [0.15, 0.2) is 0 Å². The van der Waals surface area contributed by atoms with E-state index in [4.69, 9.17) is 0 Å². The van der Waals surface area contributed by atoms with Gasteiger partial charge in [0.25, 0.3) is 0 Å². The molecule has 0 aromatic heterocycles. The average Bonchev–Trinajstić information content (AvgIpc) is 3.52. The summed E-state index contributed by atoms with van der Waals surface area (Å²) in [5, 5.41) is 0. The quantitative estimate of drug-likeness (QED) is 0.182. The van der Waals surface area contributed by atoms with Crippen LogP contribution in [0, 0.1) is 0 Å². The molecule has 49 heavy (non-hydrogen) atoms. The normalized spacial score (nSPS) is 17.5. The van der Waals surface area contributed by atoms with Gasteiger partial charge in [-0.3, -0.25) is 0 Å². The first-order valence-electron chi connectivity index (χ1n) is 18.2. The van der Waals surface area contributed by atoms with Crippen molar-refractivity contribution in [2.45, 2.75) is 76.0 Å². The van der Waals surface area contributed by atoms with E-state index >= 15 is 0 Å². The summed E-state index contributed by atoms with van der Waals surface area (Å²) in [5.41, 5.74) is 17.5. The number of benzene rings is 6. The molecule has 3 aliphatic rings. The molecule has 1 heteroatoms. The second kappa shape index (κ2) is 11.1. The molecule has 0 saturated heterocycles. The SMILES string of the molecule is CC1(C)c2ccccc2-c2cc(N(c3ccc(C4(c5ccccc5)CCCCC4)cc3)c3ccc4c(c3)C(C)(C)c3ccccc3-4)ccc21. The third-order valence-corrected chi connectivity index (χ3v) is 12.4. The Labute approximate surface area is 292 Å². The molecule has 1 saturated carbocycles. The van der Waals surface area contributed by atoms with Crippen molar-refractivity contribution in [1.82, 2.24) is 0 Å². The Hall–Kier alpha value is -4.88. The lowest BCUT2D eigenvalue weighted by molar-refractivity contribution is 0.346. The standard InChI is InChI=1S/C48H45N/c1-46(2)43-20-12-10-18-39(43)41-31-36(26-28-44(41)46)49(37-25-27-40-38-17-9-11-19-42(38)47(3,4)45(40)32-37)35-23-21-34(22-24-35)48(29-13-6-14-30-48)33-15-7-5-8-16-33/h5,7-12,15-28,31-32H,6,13-14,29-30H2,1-4H3. The molecule has 0 aliphatic heterocycles. The van der Waals surface area contributed by atoms with Crippen molar-refractivity contribution >= 4 is 17.1 Å². The molecule has 1 nitrogen and oxygen atoms in total. The summed E-state index contributed by atoms with van der Waals surface area (Å²) in [6.45, 7) is 9.48. The van der Waals surface area contributed by atoms with E-state index in [1.54, 1.807) is 0 Å². The zero-order chi connectivity index (χ0) is 33.4. The molecule has 242 valence electrons. The van der Waals surface area contributed by atoms with E-state index in [0.29, 0.717) is 0 Å². The van der Waals surface area contributed by atoms with Crippen LogP contribution in [0.15, 0.2) is 140 Å². The van der Waals surface area contributed by atoms with Crippen molar-refractivity contribution in [2.24, 2.45) is 0 Å². The summed E-state index contributed by atoms with van der Waals surface area (Å²) in [6, 6.07) is 53.1. The maximum absolute atomic E-state index is 2.49. The van der Waals surface area contributed by atoms with Gasteiger partial charge in [-0.2, -0.15) is 0 Å². The van der Waals surface area contributed by atoms with Crippen LogP contribution in [0.1, 0.15) is 93.2 Å². The maximum Gasteiger partial charge on any atom is 0.0468 e. The van der Waals surface area contributed by atoms with Gasteiger partial charge in [0.2, 0.25) is 0 Å². The van der Waals surface area contributed by atoms with Crippen LogP contribution in [-0.2, 0) is 16.2 Å². The van der Waals surface area contributed by atoms with E-state index in [9.17, 15) is 0 Å². The molecule has 0 radical (unpaired) electrons. The summed E-state index contributed by atoms with van der Waals surface area (Å²) in [6.07, 6.45) is 6.31. The molecule has 0 N–H and O–H groups in total. The predicted molar refractivity (Wildman–Crippen MR) is 207 cm³/mol. The van der Waals surface area contributed by atoms with Crippen LogP contribution in [0.3, 0.4) is 0 Å². The summed E-state index contributed by atoms with van der Waals surface area (Å²) >= 11 is 0. The molecule has 0 spiro atoms. The van der Waals surface area contributed by atoms with Crippen LogP contribution in [-0.4, -0.2) is 0 Å². The Balaban J connectivity index is 1.20. The molecule has 0 unspecified atom stereocenters. The summed E-state index contributed by atoms with van der Waals surface area (Å²) in [7, 11) is 0. The number of hydrogen-bond acceptors (Lipinski definition) is 1. The minimum absolute atomic E-state index is 0.0218. The van der Waals surface area contributed by atoms with Crippen molar-refractivity contribution in [3.05, 3.63) is 173 Å². The molecule has 1 fully saturated rings. The highest BCUT2D eigenvalue weighted by Gasteiger charge is 2.38. The minimum Gasteiger partial charge on any atom is -0.310 e. The number of nitrogens with zero attached hydrogens (tertiary/aromatic N) is 1. The Morgan fingerprint density at radius 2 is 0.878 bits per heavy atom. The molecule has 6 aromatic rings. The number of rotatable bonds is 5. The lowest BCUT2D eigenvalue weighted by Crippen LogP contribution is -2.30. The molecule has 0 atom stereocenters. The molecule has 0 amide bonds. The van der Waals surface area contributed by atoms with E-state index in [1.165, 1.54) is 105 Å². The second-order valence-electron chi connectivity index (χ2n) is 15.7. The zero-order valence-corrected chi connectivity index (χ0v) is 29.3. The Kier molecular flexibility index (Phi) is 6.82. The van der Waals surface area contributed by atoms with E-state index < -0.39 is 0 Å². The van der Waals surface area contributed by atoms with Gasteiger partial charge >= 0.3 is 0 Å². The van der Waals surface area contributed by atoms with Gasteiger partial charge < -0.3 is 4.90 Å². The van der Waals surface area contributed by atoms with Crippen LogP contribution in [0.5, 0.6) is 0 Å². The molecule has 6 aromatic carbocycles. The van der Waals surface area contributed by atoms with Crippen LogP contribution in [0.4, 0.5) is 17.1 Å². The van der Waals surface area contributed by atoms with Crippen LogP contribution in [0.2, 0.25) is 0 Å². The topological polar surface area (TPSA) is 3.24 Å². The highest BCUT2D eigenvalue weighted by molar-refractivity contribution is 5.89. The molecular weight excluding hydrogens is 591 g/mol. The third-order valence-electron chi connectivity index (χ3n) is 12.4. The lowest BCUT2D eigenvalue weighted by atomic mass is 9.65. The smallest absolute Gasteiger partial charge is 0.0468 e. The van der Waals surface area contributed by atoms with Gasteiger partial charge in [0.1, 0.15) is 0 Å². The fourth-order valence-corrected chi connectivity index (χ4v) is 9.71. The van der Waals surface area contributed by atoms with Crippen molar-refractivity contribution in [2.75, 3.05) is 4.90 Å². The monoisotopic (exact) mass is 635 g/mol. The summed E-state index contributed by atoms with van der Waals surface area (Å²) in [5.74, 6) is 0. The van der Waals surface area contributed by atoms with E-state index in [0.717, 1.165) is 0 Å². The van der Waals surface area contributed by atoms with Crippen LogP contribution < -0.4 is 4.90 Å². The van der Waals surface area contributed by atoms with Gasteiger partial charge in [-0.15, -0.1) is 0 Å². The number of fused-ring (bicyclic) bond motifs is 6. The lowest BCUT2D eigenvalue weighted by Gasteiger charge is -2.39. The third kappa shape index (κ3) is 4.51. The molecule has 0 bridgehead atoms. The maximum atomic E-state index is 2.49. The van der Waals surface area contributed by atoms with E-state index in [-0.39, 0.29) is 16.2 Å². The van der Waals surface area contributed by atoms with Gasteiger partial charge in [-0.1, -0.05) is 150 Å². The minimum atomic E-state index is -0.0680. The second-order valence-corrected chi connectivity index (χ2v) is 15.7. The molecule has 0 heterocycles. The Morgan fingerprint density at radius 1 is 0.388 bits per heavy atom. The highest BCUT2D eigenvalue weighted by Crippen LogP contribution is 2.53. The molecular formula is C48H45N. The van der Waals surface area contributed by atoms with Gasteiger partial charge in [-0.25, -0.2) is 0 Å². The fourth-order valence-electron chi connectivity index (χ4n) is 9.71. The van der Waals surface area contributed by atoms with Crippen LogP contribution >= 0.6 is 0 Å². The number of hydrogen-bond donors (Lipinski definition) is 0. The van der Waals surface area contributed by atoms with Gasteiger partial charge in [0, 0.05) is 33.3 Å².